The molecule has 0 unspecified atom stereocenters. The summed E-state index contributed by atoms with van der Waals surface area (Å²) in [5.74, 6) is 0.493. The number of benzene rings is 1. The standard InChI is InChI=1S/C24H24ClN5O2/c1-15(2)24(31)28-12-20-18(19(25)7-8-27-20)13-32-22-6-4-5-17-21(30-10-9-26-14-30)11-16(3)29-23(17)22/h4-11,14-15H,12-13H2,1-3H3,(H,28,31). The van der Waals surface area contributed by atoms with Crippen LogP contribution in [0.15, 0.2) is 55.2 Å². The molecular weight excluding hydrogens is 426 g/mol. The number of nitrogens with zero attached hydrogens (tertiary/aromatic N) is 4. The van der Waals surface area contributed by atoms with Crippen LogP contribution in [0.5, 0.6) is 5.75 Å². The zero-order chi connectivity index (χ0) is 22.7. The van der Waals surface area contributed by atoms with Crippen LogP contribution >= 0.6 is 11.6 Å². The number of nitrogens with one attached hydrogen (secondary N) is 1. The van der Waals surface area contributed by atoms with Crippen LogP contribution in [-0.2, 0) is 17.9 Å². The van der Waals surface area contributed by atoms with E-state index in [2.05, 4.69) is 15.3 Å². The summed E-state index contributed by atoms with van der Waals surface area (Å²) in [6.07, 6.45) is 7.03. The molecular formula is C24H24ClN5O2. The fraction of sp³-hybridized carbons (Fsp3) is 0.250. The molecule has 1 aromatic carbocycles. The molecule has 3 heterocycles. The minimum atomic E-state index is -0.108. The first-order valence-corrected chi connectivity index (χ1v) is 10.7. The largest absolute Gasteiger partial charge is 0.486 e. The Bertz CT molecular complexity index is 1250. The molecule has 0 saturated carbocycles. The van der Waals surface area contributed by atoms with Gasteiger partial charge >= 0.3 is 0 Å². The van der Waals surface area contributed by atoms with Crippen molar-refractivity contribution >= 4 is 28.4 Å². The molecule has 0 atom stereocenters. The first kappa shape index (κ1) is 21.8. The summed E-state index contributed by atoms with van der Waals surface area (Å²) >= 11 is 6.45. The van der Waals surface area contributed by atoms with E-state index in [4.69, 9.17) is 21.3 Å². The maximum Gasteiger partial charge on any atom is 0.222 e. The molecule has 0 fully saturated rings. The predicted octanol–water partition coefficient (Wildman–Crippen LogP) is 4.63. The van der Waals surface area contributed by atoms with Crippen LogP contribution in [-0.4, -0.2) is 25.4 Å². The van der Waals surface area contributed by atoms with Crippen LogP contribution < -0.4 is 10.1 Å². The van der Waals surface area contributed by atoms with E-state index in [0.717, 1.165) is 27.8 Å². The molecule has 0 saturated heterocycles. The number of ether oxygens (including phenoxy) is 1. The van der Waals surface area contributed by atoms with Gasteiger partial charge in [0.25, 0.3) is 0 Å². The Morgan fingerprint density at radius 1 is 1.25 bits per heavy atom. The lowest BCUT2D eigenvalue weighted by atomic mass is 10.1. The highest BCUT2D eigenvalue weighted by molar-refractivity contribution is 6.31. The van der Waals surface area contributed by atoms with Crippen molar-refractivity contribution in [1.82, 2.24) is 24.8 Å². The van der Waals surface area contributed by atoms with Gasteiger partial charge in [0.05, 0.1) is 29.3 Å². The molecule has 8 heteroatoms. The van der Waals surface area contributed by atoms with Crippen molar-refractivity contribution < 1.29 is 9.53 Å². The van der Waals surface area contributed by atoms with E-state index in [1.54, 1.807) is 24.8 Å². The third kappa shape index (κ3) is 4.57. The third-order valence-corrected chi connectivity index (χ3v) is 5.46. The number of para-hydroxylation sites is 1. The highest BCUT2D eigenvalue weighted by Crippen LogP contribution is 2.30. The molecule has 0 bridgehead atoms. The molecule has 7 nitrogen and oxygen atoms in total. The van der Waals surface area contributed by atoms with Crippen LogP contribution in [0.3, 0.4) is 0 Å². The lowest BCUT2D eigenvalue weighted by molar-refractivity contribution is -0.124. The highest BCUT2D eigenvalue weighted by Gasteiger charge is 2.15. The van der Waals surface area contributed by atoms with E-state index < -0.39 is 0 Å². The first-order chi connectivity index (χ1) is 15.4. The van der Waals surface area contributed by atoms with Gasteiger partial charge in [-0.15, -0.1) is 0 Å². The molecule has 0 aliphatic rings. The number of carbonyl (C=O) groups excluding carboxylic acids is 1. The molecule has 0 aliphatic carbocycles. The zero-order valence-electron chi connectivity index (χ0n) is 18.2. The van der Waals surface area contributed by atoms with Crippen molar-refractivity contribution in [3.8, 4) is 11.4 Å². The van der Waals surface area contributed by atoms with Gasteiger partial charge in [-0.05, 0) is 25.1 Å². The summed E-state index contributed by atoms with van der Waals surface area (Å²) in [5, 5.41) is 4.38. The van der Waals surface area contributed by atoms with Gasteiger partial charge in [-0.1, -0.05) is 37.6 Å². The molecule has 4 aromatic rings. The fourth-order valence-corrected chi connectivity index (χ4v) is 3.62. The Balaban J connectivity index is 1.64. The zero-order valence-corrected chi connectivity index (χ0v) is 18.9. The van der Waals surface area contributed by atoms with E-state index in [0.29, 0.717) is 16.5 Å². The maximum absolute atomic E-state index is 12.0. The molecule has 0 radical (unpaired) electrons. The molecule has 1 N–H and O–H groups in total. The molecule has 0 aliphatic heterocycles. The molecule has 1 amide bonds. The summed E-state index contributed by atoms with van der Waals surface area (Å²) in [5.41, 5.74) is 4.01. The van der Waals surface area contributed by atoms with Crippen molar-refractivity contribution in [3.63, 3.8) is 0 Å². The molecule has 164 valence electrons. The van der Waals surface area contributed by atoms with E-state index in [-0.39, 0.29) is 25.0 Å². The van der Waals surface area contributed by atoms with Crippen molar-refractivity contribution in [2.75, 3.05) is 0 Å². The summed E-state index contributed by atoms with van der Waals surface area (Å²) in [7, 11) is 0. The van der Waals surface area contributed by atoms with Gasteiger partial charge in [-0.3, -0.25) is 9.78 Å². The number of amides is 1. The van der Waals surface area contributed by atoms with Gasteiger partial charge in [0.1, 0.15) is 17.9 Å². The highest BCUT2D eigenvalue weighted by atomic mass is 35.5. The van der Waals surface area contributed by atoms with Crippen LogP contribution in [0.2, 0.25) is 5.02 Å². The van der Waals surface area contributed by atoms with Crippen molar-refractivity contribution in [3.05, 3.63) is 77.2 Å². The van der Waals surface area contributed by atoms with Crippen molar-refractivity contribution in [1.29, 1.82) is 0 Å². The first-order valence-electron chi connectivity index (χ1n) is 10.4. The Labute approximate surface area is 191 Å². The monoisotopic (exact) mass is 449 g/mol. The van der Waals surface area contributed by atoms with E-state index in [9.17, 15) is 4.79 Å². The number of imidazole rings is 1. The van der Waals surface area contributed by atoms with Gasteiger partial charge in [-0.2, -0.15) is 0 Å². The maximum atomic E-state index is 12.0. The number of carbonyl (C=O) groups is 1. The van der Waals surface area contributed by atoms with Gasteiger partial charge in [0, 0.05) is 41.2 Å². The Morgan fingerprint density at radius 2 is 2.09 bits per heavy atom. The second kappa shape index (κ2) is 9.36. The van der Waals surface area contributed by atoms with Crippen molar-refractivity contribution in [2.24, 2.45) is 5.92 Å². The van der Waals surface area contributed by atoms with Gasteiger partial charge in [0.2, 0.25) is 5.91 Å². The Hall–Kier alpha value is -3.45. The van der Waals surface area contributed by atoms with E-state index >= 15 is 0 Å². The summed E-state index contributed by atoms with van der Waals surface area (Å²) in [6.45, 7) is 6.13. The topological polar surface area (TPSA) is 81.9 Å². The van der Waals surface area contributed by atoms with Gasteiger partial charge < -0.3 is 14.6 Å². The number of aryl methyl sites for hydroxylation is 1. The van der Waals surface area contributed by atoms with Crippen molar-refractivity contribution in [2.45, 2.75) is 33.9 Å². The molecule has 3 aromatic heterocycles. The number of halogens is 1. The van der Waals surface area contributed by atoms with Crippen LogP contribution in [0.4, 0.5) is 0 Å². The molecule has 0 spiro atoms. The third-order valence-electron chi connectivity index (χ3n) is 5.11. The lowest BCUT2D eigenvalue weighted by Gasteiger charge is -2.15. The SMILES string of the molecule is Cc1cc(-n2ccnc2)c2cccc(OCc3c(Cl)ccnc3CNC(=O)C(C)C)c2n1. The predicted molar refractivity (Wildman–Crippen MR) is 124 cm³/mol. The minimum absolute atomic E-state index is 0.0422. The second-order valence-electron chi connectivity index (χ2n) is 7.78. The fourth-order valence-electron chi connectivity index (χ4n) is 3.40. The number of rotatable bonds is 7. The quantitative estimate of drug-likeness (QED) is 0.445. The van der Waals surface area contributed by atoms with E-state index in [1.807, 2.05) is 55.8 Å². The van der Waals surface area contributed by atoms with Crippen LogP contribution in [0, 0.1) is 12.8 Å². The number of fused-ring (bicyclic) bond motifs is 1. The average molecular weight is 450 g/mol. The van der Waals surface area contributed by atoms with Crippen LogP contribution in [0.1, 0.15) is 30.8 Å². The van der Waals surface area contributed by atoms with Gasteiger partial charge in [0.15, 0.2) is 0 Å². The number of hydrogen-bond donors (Lipinski definition) is 1. The van der Waals surface area contributed by atoms with Crippen LogP contribution in [0.25, 0.3) is 16.6 Å². The second-order valence-corrected chi connectivity index (χ2v) is 8.19. The minimum Gasteiger partial charge on any atom is -0.486 e. The summed E-state index contributed by atoms with van der Waals surface area (Å²) < 4.78 is 8.14. The average Bonchev–Trinajstić information content (AvgIpc) is 3.31. The Kier molecular flexibility index (Phi) is 6.37. The lowest BCUT2D eigenvalue weighted by Crippen LogP contribution is -2.28. The number of aromatic nitrogens is 4. The van der Waals surface area contributed by atoms with Gasteiger partial charge in [-0.25, -0.2) is 9.97 Å². The summed E-state index contributed by atoms with van der Waals surface area (Å²) in [6, 6.07) is 9.56. The smallest absolute Gasteiger partial charge is 0.222 e. The molecule has 4 rings (SSSR count). The number of hydrogen-bond acceptors (Lipinski definition) is 5. The Morgan fingerprint density at radius 3 is 2.84 bits per heavy atom. The number of pyridine rings is 2. The normalized spacial score (nSPS) is 11.2. The summed E-state index contributed by atoms with van der Waals surface area (Å²) in [4.78, 5) is 25.3. The molecule has 32 heavy (non-hydrogen) atoms. The van der Waals surface area contributed by atoms with E-state index in [1.165, 1.54) is 0 Å².